The van der Waals surface area contributed by atoms with Gasteiger partial charge in [-0.2, -0.15) is 0 Å². The van der Waals surface area contributed by atoms with Crippen molar-refractivity contribution in [2.24, 2.45) is 0 Å². The number of nitrogens with one attached hydrogen (secondary N) is 2. The van der Waals surface area contributed by atoms with Crippen LogP contribution in [0, 0.1) is 0 Å². The van der Waals surface area contributed by atoms with Crippen LogP contribution in [0.2, 0.25) is 10.0 Å². The van der Waals surface area contributed by atoms with Crippen LogP contribution in [0.5, 0.6) is 5.75 Å². The van der Waals surface area contributed by atoms with Gasteiger partial charge in [-0.1, -0.05) is 35.3 Å². The van der Waals surface area contributed by atoms with Gasteiger partial charge < -0.3 is 20.1 Å². The fraction of sp³-hybridized carbons (Fsp3) is 0.391. The zero-order valence-electron chi connectivity index (χ0n) is 19.8. The summed E-state index contributed by atoms with van der Waals surface area (Å²) in [6, 6.07) is 8.12. The van der Waals surface area contributed by atoms with E-state index in [0.29, 0.717) is 30.1 Å². The van der Waals surface area contributed by atoms with Crippen molar-refractivity contribution in [3.8, 4) is 5.75 Å². The number of sulfonamides is 1. The van der Waals surface area contributed by atoms with Gasteiger partial charge in [0.25, 0.3) is 5.91 Å². The van der Waals surface area contributed by atoms with Crippen LogP contribution in [0.3, 0.4) is 0 Å². The van der Waals surface area contributed by atoms with Gasteiger partial charge in [-0.25, -0.2) is 17.9 Å². The zero-order chi connectivity index (χ0) is 27.1. The molecule has 198 valence electrons. The van der Waals surface area contributed by atoms with Crippen LogP contribution in [-0.4, -0.2) is 62.2 Å². The number of hydrogen-bond donors (Lipinski definition) is 4. The summed E-state index contributed by atoms with van der Waals surface area (Å²) in [5.41, 5.74) is 0.580. The number of halogens is 2. The van der Waals surface area contributed by atoms with E-state index in [1.54, 1.807) is 18.8 Å². The van der Waals surface area contributed by atoms with Gasteiger partial charge in [-0.05, 0) is 62.2 Å². The molecule has 2 aromatic carbocycles. The summed E-state index contributed by atoms with van der Waals surface area (Å²) in [4.78, 5) is 24.4. The maximum absolute atomic E-state index is 13.1. The number of hydrogen-bond acceptors (Lipinski definition) is 6. The van der Waals surface area contributed by atoms with Crippen molar-refractivity contribution < 1.29 is 32.8 Å². The molecule has 36 heavy (non-hydrogen) atoms. The predicted molar refractivity (Wildman–Crippen MR) is 142 cm³/mol. The average Bonchev–Trinajstić information content (AvgIpc) is 2.75. The number of unbranched alkanes of at least 4 members (excludes halogenated alkanes) is 1. The van der Waals surface area contributed by atoms with Crippen molar-refractivity contribution in [2.75, 3.05) is 25.6 Å². The highest BCUT2D eigenvalue weighted by molar-refractivity contribution is 7.88. The van der Waals surface area contributed by atoms with Crippen LogP contribution < -0.4 is 15.3 Å². The molecular formula is C23H29Cl2N2O7PS. The normalized spacial score (nSPS) is 14.1. The number of phenols is 1. The maximum atomic E-state index is 13.1. The standard InChI is InChI=1S/C23H29Cl2N2O7PS/c1-35(32,17-7-5-6-16(28)14-17)11-9-15-12-18(24)21(19(25)13-15)22(29)27-20(23(30)31)8-3-4-10-26-36(2,33)34/h5-7,12-14,20,26,28H,3-4,8-11H2,1-2H3,(H,27,29)(H,30,31)/t20-,35?/m0/s1. The number of amides is 1. The van der Waals surface area contributed by atoms with Crippen molar-refractivity contribution in [2.45, 2.75) is 31.7 Å². The fourth-order valence-corrected chi connectivity index (χ4v) is 6.43. The average molecular weight is 579 g/mol. The second kappa shape index (κ2) is 12.9. The number of aromatic hydroxyl groups is 1. The lowest BCUT2D eigenvalue weighted by atomic mass is 10.1. The van der Waals surface area contributed by atoms with Crippen LogP contribution in [0.4, 0.5) is 0 Å². The Bertz CT molecular complexity index is 1250. The van der Waals surface area contributed by atoms with E-state index in [0.717, 1.165) is 6.26 Å². The van der Waals surface area contributed by atoms with Crippen LogP contribution in [0.25, 0.3) is 0 Å². The van der Waals surface area contributed by atoms with E-state index in [-0.39, 0.29) is 40.5 Å². The van der Waals surface area contributed by atoms with Crippen LogP contribution >= 0.6 is 30.3 Å². The molecule has 0 aromatic heterocycles. The van der Waals surface area contributed by atoms with Crippen molar-refractivity contribution in [1.29, 1.82) is 0 Å². The summed E-state index contributed by atoms with van der Waals surface area (Å²) >= 11 is 12.6. The molecule has 0 aliphatic rings. The molecule has 0 saturated carbocycles. The summed E-state index contributed by atoms with van der Waals surface area (Å²) in [6.07, 6.45) is 2.50. The molecule has 0 aliphatic carbocycles. The van der Waals surface area contributed by atoms with E-state index in [4.69, 9.17) is 23.2 Å². The molecule has 0 aliphatic heterocycles. The maximum Gasteiger partial charge on any atom is 0.326 e. The lowest BCUT2D eigenvalue weighted by Crippen LogP contribution is -2.41. The smallest absolute Gasteiger partial charge is 0.326 e. The number of carbonyl (C=O) groups excluding carboxylic acids is 1. The summed E-state index contributed by atoms with van der Waals surface area (Å²) < 4.78 is 37.6. The molecule has 9 nitrogen and oxygen atoms in total. The molecule has 0 bridgehead atoms. The van der Waals surface area contributed by atoms with Gasteiger partial charge in [0.05, 0.1) is 21.9 Å². The number of rotatable bonds is 13. The Labute approximate surface area is 220 Å². The lowest BCUT2D eigenvalue weighted by Gasteiger charge is -2.17. The number of aryl methyl sites for hydroxylation is 1. The highest BCUT2D eigenvalue weighted by Gasteiger charge is 2.24. The van der Waals surface area contributed by atoms with Gasteiger partial charge in [0, 0.05) is 18.0 Å². The van der Waals surface area contributed by atoms with Crippen molar-refractivity contribution in [3.63, 3.8) is 0 Å². The van der Waals surface area contributed by atoms with Crippen molar-refractivity contribution in [1.82, 2.24) is 10.0 Å². The molecule has 1 unspecified atom stereocenters. The van der Waals surface area contributed by atoms with E-state index in [1.807, 2.05) is 0 Å². The monoisotopic (exact) mass is 578 g/mol. The minimum atomic E-state index is -3.33. The molecule has 0 radical (unpaired) electrons. The quantitative estimate of drug-likeness (QED) is 0.210. The molecule has 2 rings (SSSR count). The molecule has 0 spiro atoms. The number of carboxylic acids is 1. The second-order valence-corrected chi connectivity index (χ2v) is 14.4. The SMILES string of the molecule is CP(=O)(CCc1cc(Cl)c(C(=O)N[C@@H](CCCCNS(C)(=O)=O)C(=O)O)c(Cl)c1)c1cccc(O)c1. The molecule has 4 N–H and O–H groups in total. The third-order valence-electron chi connectivity index (χ3n) is 5.42. The molecule has 13 heteroatoms. The van der Waals surface area contributed by atoms with Crippen LogP contribution in [0.15, 0.2) is 36.4 Å². The van der Waals surface area contributed by atoms with Gasteiger partial charge in [-0.3, -0.25) is 4.79 Å². The molecule has 2 atom stereocenters. The van der Waals surface area contributed by atoms with E-state index >= 15 is 0 Å². The van der Waals surface area contributed by atoms with E-state index < -0.39 is 35.1 Å². The third kappa shape index (κ3) is 9.41. The first kappa shape index (κ1) is 30.1. The summed E-state index contributed by atoms with van der Waals surface area (Å²) in [7, 11) is -6.11. The van der Waals surface area contributed by atoms with Gasteiger partial charge in [0.1, 0.15) is 18.9 Å². The number of carboxylic acid groups (broad SMARTS) is 1. The Kier molecular flexibility index (Phi) is 10.8. The Morgan fingerprint density at radius 2 is 1.75 bits per heavy atom. The zero-order valence-corrected chi connectivity index (χ0v) is 23.1. The molecule has 0 saturated heterocycles. The van der Waals surface area contributed by atoms with Crippen molar-refractivity contribution in [3.05, 3.63) is 57.6 Å². The molecular weight excluding hydrogens is 550 g/mol. The third-order valence-corrected chi connectivity index (χ3v) is 9.19. The van der Waals surface area contributed by atoms with E-state index in [9.17, 15) is 32.8 Å². The molecule has 1 amide bonds. The summed E-state index contributed by atoms with van der Waals surface area (Å²) in [6.45, 7) is 1.78. The second-order valence-electron chi connectivity index (χ2n) is 8.56. The van der Waals surface area contributed by atoms with E-state index in [2.05, 4.69) is 10.0 Å². The van der Waals surface area contributed by atoms with E-state index in [1.165, 1.54) is 24.3 Å². The lowest BCUT2D eigenvalue weighted by molar-refractivity contribution is -0.139. The van der Waals surface area contributed by atoms with Gasteiger partial charge in [0.15, 0.2) is 0 Å². The molecule has 0 fully saturated rings. The number of benzene rings is 2. The minimum Gasteiger partial charge on any atom is -0.508 e. The van der Waals surface area contributed by atoms with Crippen LogP contribution in [0.1, 0.15) is 35.2 Å². The highest BCUT2D eigenvalue weighted by atomic mass is 35.5. The highest BCUT2D eigenvalue weighted by Crippen LogP contribution is 2.41. The Morgan fingerprint density at radius 3 is 2.31 bits per heavy atom. The van der Waals surface area contributed by atoms with Crippen LogP contribution in [-0.2, 0) is 25.8 Å². The number of phenolic OH excluding ortho intramolecular Hbond substituents is 1. The fourth-order valence-electron chi connectivity index (χ4n) is 3.46. The number of aliphatic carboxylic acids is 1. The predicted octanol–water partition coefficient (Wildman–Crippen LogP) is 3.46. The molecule has 2 aromatic rings. The first-order valence-electron chi connectivity index (χ1n) is 11.0. The number of carbonyl (C=O) groups is 2. The van der Waals surface area contributed by atoms with Gasteiger partial charge in [-0.15, -0.1) is 0 Å². The summed E-state index contributed by atoms with van der Waals surface area (Å²) in [5.74, 6) is -1.96. The minimum absolute atomic E-state index is 0.0276. The Balaban J connectivity index is 2.04. The largest absolute Gasteiger partial charge is 0.508 e. The topological polar surface area (TPSA) is 150 Å². The first-order valence-corrected chi connectivity index (χ1v) is 16.0. The van der Waals surface area contributed by atoms with Gasteiger partial charge >= 0.3 is 5.97 Å². The van der Waals surface area contributed by atoms with Crippen molar-refractivity contribution >= 4 is 57.5 Å². The summed E-state index contributed by atoms with van der Waals surface area (Å²) in [5, 5.41) is 22.1. The Hall–Kier alpha value is -2.10. The molecule has 0 heterocycles. The first-order chi connectivity index (χ1) is 16.7. The van der Waals surface area contributed by atoms with Gasteiger partial charge in [0.2, 0.25) is 10.0 Å². The Morgan fingerprint density at radius 1 is 1.11 bits per heavy atom.